The zero-order chi connectivity index (χ0) is 16.7. The van der Waals surface area contributed by atoms with Gasteiger partial charge in [-0.1, -0.05) is 0 Å². The molecule has 1 N–H and O–H groups in total. The van der Waals surface area contributed by atoms with E-state index < -0.39 is 5.97 Å². The van der Waals surface area contributed by atoms with E-state index in [4.69, 9.17) is 5.11 Å². The molecule has 2 aromatic heterocycles. The van der Waals surface area contributed by atoms with Crippen LogP contribution >= 0.6 is 11.3 Å². The average Bonchev–Trinajstić information content (AvgIpc) is 3.07. The number of aromatic nitrogens is 1. The highest BCUT2D eigenvalue weighted by atomic mass is 32.1. The van der Waals surface area contributed by atoms with Crippen molar-refractivity contribution in [1.29, 1.82) is 0 Å². The van der Waals surface area contributed by atoms with Crippen molar-refractivity contribution in [3.8, 4) is 0 Å². The monoisotopic (exact) mass is 328 g/mol. The van der Waals surface area contributed by atoms with Crippen molar-refractivity contribution in [2.24, 2.45) is 7.05 Å². The van der Waals surface area contributed by atoms with Crippen molar-refractivity contribution in [1.82, 2.24) is 4.57 Å². The van der Waals surface area contributed by atoms with Gasteiger partial charge in [0.25, 0.3) is 5.91 Å². The highest BCUT2D eigenvalue weighted by molar-refractivity contribution is 7.20. The van der Waals surface area contributed by atoms with E-state index in [0.29, 0.717) is 10.6 Å². The first-order valence-electron chi connectivity index (χ1n) is 7.04. The van der Waals surface area contributed by atoms with Crippen molar-refractivity contribution < 1.29 is 14.7 Å². The molecule has 5 nitrogen and oxygen atoms in total. The summed E-state index contributed by atoms with van der Waals surface area (Å²) in [6.07, 6.45) is 1.91. The minimum absolute atomic E-state index is 0.103. The predicted molar refractivity (Wildman–Crippen MR) is 91.7 cm³/mol. The number of anilines is 1. The molecule has 1 aromatic carbocycles. The molecule has 3 rings (SSSR count). The van der Waals surface area contributed by atoms with Gasteiger partial charge < -0.3 is 14.6 Å². The summed E-state index contributed by atoms with van der Waals surface area (Å²) in [5.41, 5.74) is 2.38. The third-order valence-electron chi connectivity index (χ3n) is 3.76. The summed E-state index contributed by atoms with van der Waals surface area (Å²) in [5.74, 6) is -1.04. The van der Waals surface area contributed by atoms with E-state index in [1.165, 1.54) is 11.3 Å². The lowest BCUT2D eigenvalue weighted by atomic mass is 10.2. The van der Waals surface area contributed by atoms with Crippen LogP contribution < -0.4 is 4.90 Å². The van der Waals surface area contributed by atoms with Crippen LogP contribution in [0.3, 0.4) is 0 Å². The van der Waals surface area contributed by atoms with E-state index in [-0.39, 0.29) is 5.91 Å². The molecule has 0 atom stereocenters. The fraction of sp³-hybridized carbons (Fsp3) is 0.176. The lowest BCUT2D eigenvalue weighted by Gasteiger charge is -2.17. The number of fused-ring (bicyclic) bond motifs is 1. The Morgan fingerprint density at radius 3 is 2.57 bits per heavy atom. The van der Waals surface area contributed by atoms with Gasteiger partial charge in [-0.3, -0.25) is 4.79 Å². The number of carboxylic acids is 1. The van der Waals surface area contributed by atoms with Crippen molar-refractivity contribution in [3.05, 3.63) is 52.7 Å². The Kier molecular flexibility index (Phi) is 3.69. The molecule has 6 heteroatoms. The number of carbonyl (C=O) groups is 2. The van der Waals surface area contributed by atoms with Gasteiger partial charge in [-0.15, -0.1) is 11.3 Å². The molecule has 118 valence electrons. The summed E-state index contributed by atoms with van der Waals surface area (Å²) in [6, 6.07) is 9.01. The molecule has 0 radical (unpaired) electrons. The number of aryl methyl sites for hydroxylation is 2. The number of thiophene rings is 1. The van der Waals surface area contributed by atoms with E-state index in [2.05, 4.69) is 0 Å². The van der Waals surface area contributed by atoms with Crippen LogP contribution in [0.2, 0.25) is 0 Å². The zero-order valence-electron chi connectivity index (χ0n) is 13.0. The molecule has 0 spiro atoms. The van der Waals surface area contributed by atoms with Gasteiger partial charge in [-0.05, 0) is 48.2 Å². The van der Waals surface area contributed by atoms with Crippen LogP contribution in [0.25, 0.3) is 10.1 Å². The number of hydrogen-bond acceptors (Lipinski definition) is 3. The Bertz CT molecular complexity index is 923. The maximum atomic E-state index is 12.6. The molecule has 0 bridgehead atoms. The molecule has 0 aliphatic rings. The topological polar surface area (TPSA) is 62.5 Å². The average molecular weight is 328 g/mol. The number of carbonyl (C=O) groups excluding carboxylic acids is 1. The van der Waals surface area contributed by atoms with E-state index in [9.17, 15) is 9.59 Å². The molecule has 0 aliphatic carbocycles. The van der Waals surface area contributed by atoms with E-state index >= 15 is 0 Å². The van der Waals surface area contributed by atoms with Crippen molar-refractivity contribution in [2.75, 3.05) is 11.9 Å². The minimum atomic E-state index is -0.934. The largest absolute Gasteiger partial charge is 0.477 e. The van der Waals surface area contributed by atoms with Gasteiger partial charge in [0.1, 0.15) is 10.6 Å². The number of nitrogens with zero attached hydrogens (tertiary/aromatic N) is 2. The molecule has 3 aromatic rings. The zero-order valence-corrected chi connectivity index (χ0v) is 13.8. The van der Waals surface area contributed by atoms with Gasteiger partial charge >= 0.3 is 5.97 Å². The Labute approximate surface area is 137 Å². The highest BCUT2D eigenvalue weighted by Gasteiger charge is 2.18. The Morgan fingerprint density at radius 1 is 1.22 bits per heavy atom. The lowest BCUT2D eigenvalue weighted by Crippen LogP contribution is -2.27. The van der Waals surface area contributed by atoms with Crippen molar-refractivity contribution >= 4 is 39.0 Å². The molecule has 0 aliphatic heterocycles. The number of carboxylic acid groups (broad SMARTS) is 1. The molecule has 0 unspecified atom stereocenters. The molecule has 2 heterocycles. The van der Waals surface area contributed by atoms with Gasteiger partial charge in [0, 0.05) is 30.7 Å². The van der Waals surface area contributed by atoms with Gasteiger partial charge in [0.2, 0.25) is 0 Å². The first kappa shape index (κ1) is 15.3. The Balaban J connectivity index is 1.97. The van der Waals surface area contributed by atoms with Crippen molar-refractivity contribution in [3.63, 3.8) is 0 Å². The first-order valence-corrected chi connectivity index (χ1v) is 7.86. The second kappa shape index (κ2) is 5.55. The molecule has 0 saturated heterocycles. The molecular weight excluding hydrogens is 312 g/mol. The van der Waals surface area contributed by atoms with E-state index in [1.807, 2.05) is 44.4 Å². The Hall–Kier alpha value is -2.60. The van der Waals surface area contributed by atoms with Gasteiger partial charge in [0.15, 0.2) is 0 Å². The second-order valence-electron chi connectivity index (χ2n) is 5.52. The fourth-order valence-electron chi connectivity index (χ4n) is 2.58. The van der Waals surface area contributed by atoms with Gasteiger partial charge in [0.05, 0.1) is 0 Å². The number of rotatable bonds is 3. The minimum Gasteiger partial charge on any atom is -0.477 e. The van der Waals surface area contributed by atoms with Crippen LogP contribution in [0.15, 0.2) is 36.5 Å². The van der Waals surface area contributed by atoms with Crippen molar-refractivity contribution in [2.45, 2.75) is 6.92 Å². The molecule has 1 amide bonds. The normalized spacial score (nSPS) is 10.9. The van der Waals surface area contributed by atoms with Crippen LogP contribution in [0, 0.1) is 6.92 Å². The standard InChI is InChI=1S/C17H16N2O3S/c1-10-6-13(18(2)9-10)16(20)19(3)12-4-5-14-11(7-12)8-15(23-14)17(21)22/h4-9H,1-3H3,(H,21,22). The maximum absolute atomic E-state index is 12.6. The number of aromatic carboxylic acids is 1. The quantitative estimate of drug-likeness (QED) is 0.800. The summed E-state index contributed by atoms with van der Waals surface area (Å²) in [6.45, 7) is 1.95. The van der Waals surface area contributed by atoms with Crippen LogP contribution in [0.5, 0.6) is 0 Å². The SMILES string of the molecule is Cc1cc(C(=O)N(C)c2ccc3sc(C(=O)O)cc3c2)n(C)c1. The molecule has 0 fully saturated rings. The summed E-state index contributed by atoms with van der Waals surface area (Å²) >= 11 is 1.23. The summed E-state index contributed by atoms with van der Waals surface area (Å²) in [4.78, 5) is 25.6. The number of benzene rings is 1. The van der Waals surface area contributed by atoms with Crippen LogP contribution in [0.1, 0.15) is 25.7 Å². The molecular formula is C17H16N2O3S. The predicted octanol–water partition coefficient (Wildman–Crippen LogP) is 3.52. The van der Waals surface area contributed by atoms with Crippen LogP contribution in [0.4, 0.5) is 5.69 Å². The van der Waals surface area contributed by atoms with Crippen LogP contribution in [-0.2, 0) is 7.05 Å². The third kappa shape index (κ3) is 2.73. The summed E-state index contributed by atoms with van der Waals surface area (Å²) in [7, 11) is 3.56. The molecule has 23 heavy (non-hydrogen) atoms. The Morgan fingerprint density at radius 2 is 1.96 bits per heavy atom. The highest BCUT2D eigenvalue weighted by Crippen LogP contribution is 2.29. The molecule has 0 saturated carbocycles. The summed E-state index contributed by atoms with van der Waals surface area (Å²) in [5, 5.41) is 9.90. The van der Waals surface area contributed by atoms with E-state index in [1.54, 1.807) is 22.6 Å². The number of hydrogen-bond donors (Lipinski definition) is 1. The van der Waals surface area contributed by atoms with Gasteiger partial charge in [-0.25, -0.2) is 4.79 Å². The second-order valence-corrected chi connectivity index (χ2v) is 6.60. The first-order chi connectivity index (χ1) is 10.9. The third-order valence-corrected chi connectivity index (χ3v) is 4.87. The fourth-order valence-corrected chi connectivity index (χ4v) is 3.46. The van der Waals surface area contributed by atoms with Gasteiger partial charge in [-0.2, -0.15) is 0 Å². The van der Waals surface area contributed by atoms with Crippen LogP contribution in [-0.4, -0.2) is 28.6 Å². The summed E-state index contributed by atoms with van der Waals surface area (Å²) < 4.78 is 2.70. The maximum Gasteiger partial charge on any atom is 0.345 e. The smallest absolute Gasteiger partial charge is 0.345 e. The lowest BCUT2D eigenvalue weighted by molar-refractivity contribution is 0.0702. The number of amides is 1. The van der Waals surface area contributed by atoms with E-state index in [0.717, 1.165) is 21.3 Å².